The molecule has 0 unspecified atom stereocenters. The zero-order chi connectivity index (χ0) is 20.6. The number of aryl methyl sites for hydroxylation is 1. The van der Waals surface area contributed by atoms with Crippen molar-refractivity contribution in [2.45, 2.75) is 30.1 Å². The second kappa shape index (κ2) is 9.83. The normalized spacial score (nSPS) is 10.6. The largest absolute Gasteiger partial charge is 0.434 e. The third-order valence-electron chi connectivity index (χ3n) is 3.83. The first-order valence-electron chi connectivity index (χ1n) is 8.64. The van der Waals surface area contributed by atoms with Crippen molar-refractivity contribution in [3.63, 3.8) is 0 Å². The first-order chi connectivity index (χ1) is 14.0. The van der Waals surface area contributed by atoms with E-state index in [9.17, 15) is 13.6 Å². The third-order valence-corrected chi connectivity index (χ3v) is 4.71. The lowest BCUT2D eigenvalue weighted by Gasteiger charge is -2.13. The van der Waals surface area contributed by atoms with Crippen LogP contribution in [-0.4, -0.2) is 22.6 Å². The van der Waals surface area contributed by atoms with Crippen molar-refractivity contribution in [3.8, 4) is 5.75 Å². The Hall–Kier alpha value is -3.20. The molecule has 3 aromatic rings. The number of halogens is 2. The zero-order valence-corrected chi connectivity index (χ0v) is 16.2. The molecule has 29 heavy (non-hydrogen) atoms. The molecule has 2 aromatic carbocycles. The fraction of sp³-hybridized carbons (Fsp3) is 0.150. The summed E-state index contributed by atoms with van der Waals surface area (Å²) >= 11 is 1.42. The van der Waals surface area contributed by atoms with Gasteiger partial charge in [0.1, 0.15) is 5.75 Å². The molecule has 0 aliphatic carbocycles. The molecule has 1 aromatic heterocycles. The van der Waals surface area contributed by atoms with Gasteiger partial charge in [-0.15, -0.1) is 0 Å². The van der Waals surface area contributed by atoms with Gasteiger partial charge in [-0.3, -0.25) is 0 Å². The molecule has 0 aliphatic heterocycles. The van der Waals surface area contributed by atoms with Crippen LogP contribution in [0, 0.1) is 6.92 Å². The van der Waals surface area contributed by atoms with Gasteiger partial charge in [-0.2, -0.15) is 8.78 Å². The first kappa shape index (κ1) is 20.5. The highest BCUT2D eigenvalue weighted by Gasteiger charge is 2.11. The maximum atomic E-state index is 12.5. The predicted octanol–water partition coefficient (Wildman–Crippen LogP) is 4.86. The van der Waals surface area contributed by atoms with Crippen LogP contribution >= 0.6 is 11.8 Å². The van der Waals surface area contributed by atoms with Crippen molar-refractivity contribution in [1.82, 2.24) is 15.3 Å². The number of nitrogens with zero attached hydrogens (tertiary/aromatic N) is 2. The summed E-state index contributed by atoms with van der Waals surface area (Å²) in [6, 6.07) is 13.2. The van der Waals surface area contributed by atoms with E-state index in [1.807, 2.05) is 19.1 Å². The number of ether oxygens (including phenoxy) is 1. The van der Waals surface area contributed by atoms with Crippen molar-refractivity contribution in [2.24, 2.45) is 0 Å². The molecule has 150 valence electrons. The van der Waals surface area contributed by atoms with Crippen LogP contribution in [0.25, 0.3) is 0 Å². The maximum Gasteiger partial charge on any atom is 0.387 e. The Morgan fingerprint density at radius 3 is 2.62 bits per heavy atom. The standard InChI is InChI=1S/C20H18F2N4O2S/c1-13-11-15(29-20-23-9-4-10-24-20)7-8-16(13)26-19(27)25-12-14-5-2-3-6-17(14)28-18(21)22/h2-11,18H,12H2,1H3,(H2,25,26,27). The zero-order valence-electron chi connectivity index (χ0n) is 15.4. The molecule has 2 amide bonds. The Balaban J connectivity index is 1.58. The predicted molar refractivity (Wildman–Crippen MR) is 106 cm³/mol. The number of aromatic nitrogens is 2. The van der Waals surface area contributed by atoms with Crippen LogP contribution in [0.4, 0.5) is 19.3 Å². The minimum absolute atomic E-state index is 0.0310. The van der Waals surface area contributed by atoms with E-state index in [1.165, 1.54) is 17.8 Å². The number of alkyl halides is 2. The second-order valence-electron chi connectivity index (χ2n) is 5.90. The molecule has 0 spiro atoms. The molecular formula is C20H18F2N4O2S. The number of hydrogen-bond acceptors (Lipinski definition) is 5. The highest BCUT2D eigenvalue weighted by molar-refractivity contribution is 7.99. The van der Waals surface area contributed by atoms with Crippen molar-refractivity contribution in [3.05, 3.63) is 72.1 Å². The lowest BCUT2D eigenvalue weighted by molar-refractivity contribution is -0.0504. The number of nitrogens with one attached hydrogen (secondary N) is 2. The van der Waals surface area contributed by atoms with E-state index in [0.717, 1.165) is 10.5 Å². The van der Waals surface area contributed by atoms with E-state index in [4.69, 9.17) is 0 Å². The van der Waals surface area contributed by atoms with E-state index in [1.54, 1.807) is 42.7 Å². The van der Waals surface area contributed by atoms with Gasteiger partial charge >= 0.3 is 12.6 Å². The summed E-state index contributed by atoms with van der Waals surface area (Å²) < 4.78 is 29.4. The summed E-state index contributed by atoms with van der Waals surface area (Å²) in [4.78, 5) is 21.5. The number of para-hydroxylation sites is 1. The van der Waals surface area contributed by atoms with Gasteiger partial charge in [-0.25, -0.2) is 14.8 Å². The maximum absolute atomic E-state index is 12.5. The number of amides is 2. The van der Waals surface area contributed by atoms with Crippen molar-refractivity contribution in [1.29, 1.82) is 0 Å². The van der Waals surface area contributed by atoms with E-state index < -0.39 is 12.6 Å². The van der Waals surface area contributed by atoms with Crippen molar-refractivity contribution in [2.75, 3.05) is 5.32 Å². The smallest absolute Gasteiger partial charge is 0.387 e. The van der Waals surface area contributed by atoms with Crippen LogP contribution in [0.3, 0.4) is 0 Å². The molecule has 3 rings (SSSR count). The van der Waals surface area contributed by atoms with Gasteiger partial charge in [0.2, 0.25) is 0 Å². The van der Waals surface area contributed by atoms with Crippen LogP contribution in [-0.2, 0) is 6.54 Å². The quantitative estimate of drug-likeness (QED) is 0.538. The molecule has 1 heterocycles. The Labute approximate surface area is 170 Å². The number of hydrogen-bond donors (Lipinski definition) is 2. The van der Waals surface area contributed by atoms with Gasteiger partial charge in [0.25, 0.3) is 0 Å². The molecule has 0 radical (unpaired) electrons. The summed E-state index contributed by atoms with van der Waals surface area (Å²) in [5.41, 5.74) is 1.95. The Bertz CT molecular complexity index is 974. The Morgan fingerprint density at radius 1 is 1.14 bits per heavy atom. The van der Waals surface area contributed by atoms with Crippen molar-refractivity contribution < 1.29 is 18.3 Å². The van der Waals surface area contributed by atoms with Crippen LogP contribution < -0.4 is 15.4 Å². The molecule has 2 N–H and O–H groups in total. The summed E-state index contributed by atoms with van der Waals surface area (Å²) in [6.07, 6.45) is 3.35. The van der Waals surface area contributed by atoms with Gasteiger partial charge in [0, 0.05) is 35.1 Å². The molecule has 0 atom stereocenters. The highest BCUT2D eigenvalue weighted by atomic mass is 32.2. The minimum Gasteiger partial charge on any atom is -0.434 e. The fourth-order valence-electron chi connectivity index (χ4n) is 2.49. The van der Waals surface area contributed by atoms with Gasteiger partial charge in [-0.05, 0) is 54.6 Å². The second-order valence-corrected chi connectivity index (χ2v) is 6.94. The van der Waals surface area contributed by atoms with Gasteiger partial charge in [0.15, 0.2) is 5.16 Å². The van der Waals surface area contributed by atoms with E-state index in [2.05, 4.69) is 25.3 Å². The summed E-state index contributed by atoms with van der Waals surface area (Å²) in [6.45, 7) is -1.00. The number of rotatable bonds is 7. The SMILES string of the molecule is Cc1cc(Sc2ncccn2)ccc1NC(=O)NCc1ccccc1OC(F)F. The first-order valence-corrected chi connectivity index (χ1v) is 9.46. The molecule has 9 heteroatoms. The molecule has 0 bridgehead atoms. The monoisotopic (exact) mass is 416 g/mol. The average Bonchev–Trinajstić information content (AvgIpc) is 2.70. The van der Waals surface area contributed by atoms with Gasteiger partial charge in [-0.1, -0.05) is 18.2 Å². The number of benzene rings is 2. The molecule has 0 saturated heterocycles. The lowest BCUT2D eigenvalue weighted by Crippen LogP contribution is -2.28. The van der Waals surface area contributed by atoms with Crippen LogP contribution in [0.2, 0.25) is 0 Å². The van der Waals surface area contributed by atoms with Gasteiger partial charge < -0.3 is 15.4 Å². The molecule has 6 nitrogen and oxygen atoms in total. The van der Waals surface area contributed by atoms with Crippen LogP contribution in [0.15, 0.2) is 71.0 Å². The van der Waals surface area contributed by atoms with Crippen molar-refractivity contribution >= 4 is 23.5 Å². The fourth-order valence-corrected chi connectivity index (χ4v) is 3.30. The number of anilines is 1. The average molecular weight is 416 g/mol. The Morgan fingerprint density at radius 2 is 1.90 bits per heavy atom. The van der Waals surface area contributed by atoms with Crippen LogP contribution in [0.1, 0.15) is 11.1 Å². The van der Waals surface area contributed by atoms with Crippen LogP contribution in [0.5, 0.6) is 5.75 Å². The minimum atomic E-state index is -2.93. The van der Waals surface area contributed by atoms with E-state index in [-0.39, 0.29) is 12.3 Å². The summed E-state index contributed by atoms with van der Waals surface area (Å²) in [7, 11) is 0. The van der Waals surface area contributed by atoms with Gasteiger partial charge in [0.05, 0.1) is 0 Å². The summed E-state index contributed by atoms with van der Waals surface area (Å²) in [5.74, 6) is 0.0310. The van der Waals surface area contributed by atoms with E-state index >= 15 is 0 Å². The number of carbonyl (C=O) groups is 1. The molecule has 0 aliphatic rings. The number of urea groups is 1. The molecule has 0 saturated carbocycles. The third kappa shape index (κ3) is 6.15. The topological polar surface area (TPSA) is 76.1 Å². The lowest BCUT2D eigenvalue weighted by atomic mass is 10.2. The number of carbonyl (C=O) groups excluding carboxylic acids is 1. The highest BCUT2D eigenvalue weighted by Crippen LogP contribution is 2.28. The molecular weight excluding hydrogens is 398 g/mol. The Kier molecular flexibility index (Phi) is 6.96. The summed E-state index contributed by atoms with van der Waals surface area (Å²) in [5, 5.41) is 6.03. The molecule has 0 fully saturated rings. The van der Waals surface area contributed by atoms with E-state index in [0.29, 0.717) is 16.4 Å².